The molecule has 1 N–H and O–H groups in total. The lowest BCUT2D eigenvalue weighted by molar-refractivity contribution is 0.586. The number of alkyl halides is 1. The molecule has 0 radical (unpaired) electrons. The molecule has 0 aromatic heterocycles. The van der Waals surface area contributed by atoms with Crippen LogP contribution in [0.1, 0.15) is 28.3 Å². The van der Waals surface area contributed by atoms with Gasteiger partial charge < -0.3 is 10.2 Å². The first-order chi connectivity index (χ1) is 12.4. The molecule has 1 fully saturated rings. The minimum Gasteiger partial charge on any atom is -0.369 e. The number of aryl methyl sites for hydroxylation is 2. The van der Waals surface area contributed by atoms with Crippen LogP contribution in [0.25, 0.3) is 0 Å². The molecular formula is C20H25ClN2O2S. The number of nitrogens with zero attached hydrogens (tertiary/aromatic N) is 1. The predicted octanol–water partition coefficient (Wildman–Crippen LogP) is 3.68. The Labute approximate surface area is 161 Å². The molecule has 1 atom stereocenters. The quantitative estimate of drug-likeness (QED) is 0.788. The van der Waals surface area contributed by atoms with Gasteiger partial charge in [0.1, 0.15) is 0 Å². The Morgan fingerprint density at radius 3 is 2.50 bits per heavy atom. The maximum absolute atomic E-state index is 13.1. The minimum atomic E-state index is -3.66. The van der Waals surface area contributed by atoms with Gasteiger partial charge in [0.25, 0.3) is 0 Å². The van der Waals surface area contributed by atoms with Crippen LogP contribution in [0.5, 0.6) is 0 Å². The standard InChI is InChI=1S/C20H25ClN2O2S/c1-3-16-14-17(8-9-19(16)23-12-10-22-11-13-23)26(24,25)20(21)18-7-5-4-6-15(18)2/h4-9,14,20,22H,3,10-13H2,1-2H3. The van der Waals surface area contributed by atoms with E-state index in [9.17, 15) is 8.42 Å². The van der Waals surface area contributed by atoms with Crippen LogP contribution in [-0.4, -0.2) is 34.6 Å². The summed E-state index contributed by atoms with van der Waals surface area (Å²) >= 11 is 6.42. The number of sulfone groups is 1. The van der Waals surface area contributed by atoms with Crippen molar-refractivity contribution in [1.29, 1.82) is 0 Å². The van der Waals surface area contributed by atoms with Crippen LogP contribution in [0.3, 0.4) is 0 Å². The van der Waals surface area contributed by atoms with E-state index >= 15 is 0 Å². The lowest BCUT2D eigenvalue weighted by Gasteiger charge is -2.31. The van der Waals surface area contributed by atoms with Gasteiger partial charge in [-0.25, -0.2) is 8.42 Å². The number of halogens is 1. The zero-order chi connectivity index (χ0) is 18.7. The fourth-order valence-electron chi connectivity index (χ4n) is 3.36. The van der Waals surface area contributed by atoms with Crippen molar-refractivity contribution in [3.05, 3.63) is 59.2 Å². The molecule has 0 aliphatic carbocycles. The number of hydrogen-bond donors (Lipinski definition) is 1. The van der Waals surface area contributed by atoms with Gasteiger partial charge in [0.05, 0.1) is 4.90 Å². The van der Waals surface area contributed by atoms with Crippen LogP contribution >= 0.6 is 11.6 Å². The van der Waals surface area contributed by atoms with Crippen molar-refractivity contribution < 1.29 is 8.42 Å². The van der Waals surface area contributed by atoms with Crippen molar-refractivity contribution in [2.24, 2.45) is 0 Å². The Kier molecular flexibility index (Phi) is 5.90. The Morgan fingerprint density at radius 1 is 1.15 bits per heavy atom. The summed E-state index contributed by atoms with van der Waals surface area (Å²) in [4.78, 5) is 2.60. The summed E-state index contributed by atoms with van der Waals surface area (Å²) in [7, 11) is -3.66. The van der Waals surface area contributed by atoms with E-state index < -0.39 is 14.5 Å². The van der Waals surface area contributed by atoms with Crippen LogP contribution in [0.4, 0.5) is 5.69 Å². The monoisotopic (exact) mass is 392 g/mol. The highest BCUT2D eigenvalue weighted by molar-refractivity contribution is 7.92. The average Bonchev–Trinajstić information content (AvgIpc) is 2.68. The Morgan fingerprint density at radius 2 is 1.85 bits per heavy atom. The minimum absolute atomic E-state index is 0.288. The number of piperazine rings is 1. The third kappa shape index (κ3) is 3.75. The lowest BCUT2D eigenvalue weighted by Crippen LogP contribution is -2.43. The maximum Gasteiger partial charge on any atom is 0.199 e. The smallest absolute Gasteiger partial charge is 0.199 e. The van der Waals surface area contributed by atoms with Gasteiger partial charge in [-0.1, -0.05) is 42.8 Å². The first-order valence-electron chi connectivity index (χ1n) is 8.97. The first kappa shape index (κ1) is 19.2. The topological polar surface area (TPSA) is 49.4 Å². The summed E-state index contributed by atoms with van der Waals surface area (Å²) in [6.07, 6.45) is 0.778. The summed E-state index contributed by atoms with van der Waals surface area (Å²) in [6.45, 7) is 7.68. The van der Waals surface area contributed by atoms with Crippen LogP contribution < -0.4 is 10.2 Å². The Bertz CT molecular complexity index is 877. The molecule has 0 amide bonds. The number of nitrogens with one attached hydrogen (secondary N) is 1. The van der Waals surface area contributed by atoms with E-state index in [1.165, 1.54) is 0 Å². The van der Waals surface area contributed by atoms with Crippen LogP contribution in [0.2, 0.25) is 0 Å². The molecule has 1 aliphatic heterocycles. The van der Waals surface area contributed by atoms with Crippen molar-refractivity contribution >= 4 is 27.1 Å². The molecule has 4 nitrogen and oxygen atoms in total. The normalized spacial score (nSPS) is 16.5. The van der Waals surface area contributed by atoms with Gasteiger partial charge in [0.15, 0.2) is 14.5 Å². The van der Waals surface area contributed by atoms with E-state index in [2.05, 4.69) is 17.1 Å². The van der Waals surface area contributed by atoms with Crippen molar-refractivity contribution in [2.45, 2.75) is 29.9 Å². The number of rotatable bonds is 5. The van der Waals surface area contributed by atoms with Gasteiger partial charge in [0.2, 0.25) is 0 Å². The summed E-state index contributed by atoms with van der Waals surface area (Å²) in [5.41, 5.74) is 3.68. The predicted molar refractivity (Wildman–Crippen MR) is 108 cm³/mol. The highest BCUT2D eigenvalue weighted by Crippen LogP contribution is 2.36. The summed E-state index contributed by atoms with van der Waals surface area (Å²) in [5, 5.41) is 3.34. The van der Waals surface area contributed by atoms with Gasteiger partial charge in [0, 0.05) is 31.9 Å². The van der Waals surface area contributed by atoms with Crippen LogP contribution in [0.15, 0.2) is 47.4 Å². The Hall–Kier alpha value is -1.56. The molecule has 140 valence electrons. The van der Waals surface area contributed by atoms with Crippen LogP contribution in [0, 0.1) is 6.92 Å². The molecule has 1 unspecified atom stereocenters. The van der Waals surface area contributed by atoms with Crippen molar-refractivity contribution in [2.75, 3.05) is 31.1 Å². The maximum atomic E-state index is 13.1. The van der Waals surface area contributed by atoms with E-state index in [-0.39, 0.29) is 4.90 Å². The third-order valence-corrected chi connectivity index (χ3v) is 7.57. The van der Waals surface area contributed by atoms with E-state index in [4.69, 9.17) is 11.6 Å². The molecule has 1 aliphatic rings. The molecule has 0 saturated carbocycles. The van der Waals surface area contributed by atoms with Crippen molar-refractivity contribution in [1.82, 2.24) is 5.32 Å². The zero-order valence-corrected chi connectivity index (χ0v) is 16.8. The second-order valence-corrected chi connectivity index (χ2v) is 9.33. The van der Waals surface area contributed by atoms with E-state index in [1.54, 1.807) is 18.2 Å². The van der Waals surface area contributed by atoms with Crippen molar-refractivity contribution in [3.63, 3.8) is 0 Å². The van der Waals surface area contributed by atoms with Crippen molar-refractivity contribution in [3.8, 4) is 0 Å². The van der Waals surface area contributed by atoms with Gasteiger partial charge in [-0.3, -0.25) is 0 Å². The second kappa shape index (κ2) is 7.99. The van der Waals surface area contributed by atoms with Gasteiger partial charge in [-0.2, -0.15) is 0 Å². The lowest BCUT2D eigenvalue weighted by atomic mass is 10.1. The van der Waals surface area contributed by atoms with E-state index in [1.807, 2.05) is 31.2 Å². The first-order valence-corrected chi connectivity index (χ1v) is 11.0. The molecule has 3 rings (SSSR count). The summed E-state index contributed by atoms with van der Waals surface area (Å²) in [6, 6.07) is 12.8. The summed E-state index contributed by atoms with van der Waals surface area (Å²) < 4.78 is 25.1. The molecule has 2 aromatic carbocycles. The van der Waals surface area contributed by atoms with Gasteiger partial charge >= 0.3 is 0 Å². The molecule has 0 spiro atoms. The number of anilines is 1. The molecule has 1 saturated heterocycles. The summed E-state index contributed by atoms with van der Waals surface area (Å²) in [5.74, 6) is 0. The molecule has 2 aromatic rings. The largest absolute Gasteiger partial charge is 0.369 e. The molecule has 1 heterocycles. The Balaban J connectivity index is 1.96. The molecular weight excluding hydrogens is 368 g/mol. The number of benzene rings is 2. The SMILES string of the molecule is CCc1cc(S(=O)(=O)C(Cl)c2ccccc2C)ccc1N1CCNCC1. The second-order valence-electron chi connectivity index (χ2n) is 6.60. The molecule has 26 heavy (non-hydrogen) atoms. The molecule has 0 bridgehead atoms. The van der Waals surface area contributed by atoms with Crippen LogP contribution in [-0.2, 0) is 16.3 Å². The fourth-order valence-corrected chi connectivity index (χ4v) is 5.32. The number of hydrogen-bond acceptors (Lipinski definition) is 4. The molecule has 6 heteroatoms. The van der Waals surface area contributed by atoms with Gasteiger partial charge in [-0.05, 0) is 48.2 Å². The average molecular weight is 393 g/mol. The highest BCUT2D eigenvalue weighted by atomic mass is 35.5. The van der Waals surface area contributed by atoms with E-state index in [0.717, 1.165) is 49.4 Å². The third-order valence-electron chi connectivity index (χ3n) is 4.92. The van der Waals surface area contributed by atoms with E-state index in [0.29, 0.717) is 5.56 Å². The van der Waals surface area contributed by atoms with Gasteiger partial charge in [-0.15, -0.1) is 0 Å². The fraction of sp³-hybridized carbons (Fsp3) is 0.400. The zero-order valence-electron chi connectivity index (χ0n) is 15.2. The highest BCUT2D eigenvalue weighted by Gasteiger charge is 2.29.